The van der Waals surface area contributed by atoms with Crippen molar-refractivity contribution in [2.75, 3.05) is 0 Å². The molecule has 0 aliphatic heterocycles. The van der Waals surface area contributed by atoms with Gasteiger partial charge < -0.3 is 57.5 Å². The maximum Gasteiger partial charge on any atom is 2.00 e. The van der Waals surface area contributed by atoms with Crippen LogP contribution in [0.2, 0.25) is 0 Å². The molecule has 0 aliphatic rings. The molecule has 0 saturated carbocycles. The summed E-state index contributed by atoms with van der Waals surface area (Å²) in [5.74, 6) is 0. The summed E-state index contributed by atoms with van der Waals surface area (Å²) in [6.45, 7) is 0. The van der Waals surface area contributed by atoms with Gasteiger partial charge in [-0.2, -0.15) is 0 Å². The van der Waals surface area contributed by atoms with Gasteiger partial charge in [-0.05, 0) is 0 Å². The van der Waals surface area contributed by atoms with Crippen LogP contribution in [-0.2, 0) is 49.9 Å². The van der Waals surface area contributed by atoms with Crippen LogP contribution in [0.5, 0.6) is 0 Å². The third-order valence-electron chi connectivity index (χ3n) is 0. The van der Waals surface area contributed by atoms with Crippen LogP contribution in [0.4, 0.5) is 0 Å². The number of quaternary nitrogens is 4. The zero-order valence-corrected chi connectivity index (χ0v) is 7.69. The molecule has 0 aliphatic carbocycles. The zero-order chi connectivity index (χ0) is 0. The maximum atomic E-state index is 0. The summed E-state index contributed by atoms with van der Waals surface area (Å²) in [7, 11) is 0. The molecule has 0 atom stereocenters. The summed E-state index contributed by atoms with van der Waals surface area (Å²) in [5.41, 5.74) is 0. The van der Waals surface area contributed by atoms with Gasteiger partial charge in [-0.15, -0.1) is 0 Å². The smallest absolute Gasteiger partial charge is 2.00 e. The molecule has 0 saturated heterocycles. The molecular weight excluding hydrogens is 216 g/mol. The van der Waals surface area contributed by atoms with Gasteiger partial charge in [0.15, 0.2) is 0 Å². The average molecular weight is 232 g/mol. The topological polar surface area (TPSA) is 317 Å². The molecule has 11 heteroatoms. The van der Waals surface area contributed by atoms with E-state index in [0.717, 1.165) is 0 Å². The third-order valence-corrected chi connectivity index (χ3v) is 0. The van der Waals surface area contributed by atoms with E-state index in [-0.39, 0.29) is 74.5 Å². The van der Waals surface area contributed by atoms with Gasteiger partial charge in [0.05, 0.1) is 0 Å². The Bertz CT molecular complexity index is 14.5. The van der Waals surface area contributed by atoms with Gasteiger partial charge in [0.25, 0.3) is 0 Å². The fourth-order valence-electron chi connectivity index (χ4n) is 0. The fraction of sp³-hybridized carbons (Fsp3) is 0. The van der Waals surface area contributed by atoms with Crippen molar-refractivity contribution in [1.82, 2.24) is 24.6 Å². The van der Waals surface area contributed by atoms with Crippen molar-refractivity contribution in [3.05, 3.63) is 0 Å². The van der Waals surface area contributed by atoms with E-state index in [9.17, 15) is 0 Å². The SMILES string of the molecule is [Cu+2].[NH4+].[NH4+].[NH4+].[NH4+].[O-2].[O-2].[O-2].[O-2].[O-2].[O-2]. The van der Waals surface area contributed by atoms with Gasteiger partial charge in [-0.1, -0.05) is 0 Å². The molecule has 0 spiro atoms. The second-order valence-electron chi connectivity index (χ2n) is 0. The van der Waals surface area contributed by atoms with Crippen LogP contribution < -0.4 is 24.6 Å². The Hall–Kier alpha value is 0.119. The first-order chi connectivity index (χ1) is 0. The van der Waals surface area contributed by atoms with Crippen molar-refractivity contribution >= 4 is 0 Å². The third kappa shape index (κ3) is 46700. The van der Waals surface area contributed by atoms with E-state index in [1.807, 2.05) is 0 Å². The summed E-state index contributed by atoms with van der Waals surface area (Å²) in [5, 5.41) is 0. The van der Waals surface area contributed by atoms with Gasteiger partial charge >= 0.3 is 17.1 Å². The minimum atomic E-state index is 0. The predicted molar refractivity (Wildman–Crippen MR) is 28.1 cm³/mol. The standard InChI is InChI=1S/Cu.4H3N.6O/h;4*1H3;;;;;;/q+2;;;;;6*-2/p+4. The molecule has 0 fully saturated rings. The van der Waals surface area contributed by atoms with Crippen molar-refractivity contribution in [1.29, 1.82) is 0 Å². The molecule has 0 rings (SSSR count). The van der Waals surface area contributed by atoms with E-state index in [1.165, 1.54) is 0 Å². The van der Waals surface area contributed by atoms with Crippen LogP contribution in [0.3, 0.4) is 0 Å². The summed E-state index contributed by atoms with van der Waals surface area (Å²) >= 11 is 0. The van der Waals surface area contributed by atoms with Crippen LogP contribution in [-0.4, -0.2) is 0 Å². The number of rotatable bonds is 0. The fourth-order valence-corrected chi connectivity index (χ4v) is 0. The summed E-state index contributed by atoms with van der Waals surface area (Å²) in [6.07, 6.45) is 0. The Kier molecular flexibility index (Phi) is 427000000. The normalized spacial score (nSPS) is 0. The quantitative estimate of drug-likeness (QED) is 0.420. The van der Waals surface area contributed by atoms with Gasteiger partial charge in [0.2, 0.25) is 0 Å². The first kappa shape index (κ1) is 79800. The van der Waals surface area contributed by atoms with E-state index >= 15 is 0 Å². The number of hydrogen-bond donors (Lipinski definition) is 4. The second-order valence-corrected chi connectivity index (χ2v) is 0. The molecule has 11 heavy (non-hydrogen) atoms. The zero-order valence-electron chi connectivity index (χ0n) is 6.75. The van der Waals surface area contributed by atoms with Gasteiger partial charge in [0, 0.05) is 0 Å². The van der Waals surface area contributed by atoms with Crippen LogP contribution in [0.15, 0.2) is 0 Å². The summed E-state index contributed by atoms with van der Waals surface area (Å²) in [4.78, 5) is 0. The number of hydrogen-bond acceptors (Lipinski definition) is 0. The Balaban J connectivity index is 0. The van der Waals surface area contributed by atoms with E-state index < -0.39 is 0 Å². The van der Waals surface area contributed by atoms with E-state index in [2.05, 4.69) is 0 Å². The maximum absolute atomic E-state index is 0. The van der Waals surface area contributed by atoms with Gasteiger partial charge in [-0.3, -0.25) is 0 Å². The minimum absolute atomic E-state index is 0. The molecule has 1 radical (unpaired) electrons. The monoisotopic (exact) mass is 231 g/mol. The van der Waals surface area contributed by atoms with Crippen molar-refractivity contribution < 1.29 is 49.9 Å². The Morgan fingerprint density at radius 2 is 0.273 bits per heavy atom. The first-order valence-corrected chi connectivity index (χ1v) is 0. The van der Waals surface area contributed by atoms with Gasteiger partial charge in [-0.25, -0.2) is 0 Å². The van der Waals surface area contributed by atoms with Crippen molar-refractivity contribution in [3.8, 4) is 0 Å². The largest absolute Gasteiger partial charge is 2.00 e. The van der Waals surface area contributed by atoms with E-state index in [1.54, 1.807) is 0 Å². The van der Waals surface area contributed by atoms with Crippen LogP contribution in [0, 0.1) is 0 Å². The molecule has 0 aromatic heterocycles. The van der Waals surface area contributed by atoms with E-state index in [0.29, 0.717) is 0 Å². The Morgan fingerprint density at radius 1 is 0.273 bits per heavy atom. The summed E-state index contributed by atoms with van der Waals surface area (Å²) in [6, 6.07) is 0. The molecular formula is H16CuN4O6-6. The van der Waals surface area contributed by atoms with Crippen LogP contribution >= 0.6 is 0 Å². The molecule has 0 amide bonds. The molecule has 0 aromatic rings. The molecule has 0 heterocycles. The van der Waals surface area contributed by atoms with Gasteiger partial charge in [0.1, 0.15) is 0 Å². The minimum Gasteiger partial charge on any atom is -2.00 e. The molecule has 16 N–H and O–H groups in total. The van der Waals surface area contributed by atoms with Crippen LogP contribution in [0.25, 0.3) is 0 Å². The average Bonchev–Trinajstić information content (AvgIpc) is 0. The van der Waals surface area contributed by atoms with Crippen molar-refractivity contribution in [2.24, 2.45) is 0 Å². The van der Waals surface area contributed by atoms with Crippen LogP contribution in [0.1, 0.15) is 0 Å². The second kappa shape index (κ2) is 59000. The molecule has 89 valence electrons. The molecule has 0 aromatic carbocycles. The van der Waals surface area contributed by atoms with E-state index in [4.69, 9.17) is 0 Å². The predicted octanol–water partition coefficient (Wildman–Crippen LogP) is 0.790. The van der Waals surface area contributed by atoms with Crippen molar-refractivity contribution in [2.45, 2.75) is 0 Å². The molecule has 0 bridgehead atoms. The molecule has 0 unspecified atom stereocenters. The van der Waals surface area contributed by atoms with Crippen molar-refractivity contribution in [3.63, 3.8) is 0 Å². The Morgan fingerprint density at radius 3 is 0.273 bits per heavy atom. The molecule has 10 nitrogen and oxygen atoms in total. The Labute approximate surface area is 75.4 Å². The first-order valence-electron chi connectivity index (χ1n) is 0. The summed E-state index contributed by atoms with van der Waals surface area (Å²) < 4.78 is 0.